The van der Waals surface area contributed by atoms with Crippen LogP contribution < -0.4 is 16.1 Å². The van der Waals surface area contributed by atoms with Crippen molar-refractivity contribution in [1.29, 1.82) is 0 Å². The lowest BCUT2D eigenvalue weighted by Crippen LogP contribution is -2.63. The van der Waals surface area contributed by atoms with E-state index < -0.39 is 47.4 Å². The fourth-order valence-corrected chi connectivity index (χ4v) is 5.74. The number of pyridine rings is 1. The summed E-state index contributed by atoms with van der Waals surface area (Å²) in [5, 5.41) is 8.04. The number of fused-ring (bicyclic) bond motifs is 4. The van der Waals surface area contributed by atoms with E-state index in [1.807, 2.05) is 57.2 Å². The number of esters is 1. The van der Waals surface area contributed by atoms with E-state index in [1.165, 1.54) is 5.01 Å². The zero-order chi connectivity index (χ0) is 33.9. The van der Waals surface area contributed by atoms with E-state index in [-0.39, 0.29) is 23.8 Å². The van der Waals surface area contributed by atoms with Gasteiger partial charge in [0.2, 0.25) is 11.8 Å². The largest absolute Gasteiger partial charge is 0.455 e. The highest BCUT2D eigenvalue weighted by molar-refractivity contribution is 5.94. The lowest BCUT2D eigenvalue weighted by molar-refractivity contribution is -0.159. The molecule has 1 aromatic heterocycles. The Hall–Kier alpha value is -3.87. The molecule has 0 spiro atoms. The first kappa shape index (κ1) is 34.5. The SMILES string of the molecule is CC1OC(=O)[C@@H]2CCCN(N2)C(=O)[C@H](COCC2(C)COC2)NC(=O)[C@H](C(C)C)NC(=O)C(C)(C)/C=C/c2ccc3ccc1nc3c2. The molecule has 5 rings (SSSR count). The Morgan fingerprint density at radius 3 is 2.51 bits per heavy atom. The molecule has 1 unspecified atom stereocenters. The van der Waals surface area contributed by atoms with Gasteiger partial charge in [-0.05, 0) is 57.2 Å². The van der Waals surface area contributed by atoms with Gasteiger partial charge < -0.3 is 24.8 Å². The molecule has 3 amide bonds. The summed E-state index contributed by atoms with van der Waals surface area (Å²) >= 11 is 0. The lowest BCUT2D eigenvalue weighted by atomic mass is 9.89. The molecular weight excluding hydrogens is 602 g/mol. The number of hydrazine groups is 1. The molecule has 0 radical (unpaired) electrons. The highest BCUT2D eigenvalue weighted by Gasteiger charge is 2.38. The third-order valence-electron chi connectivity index (χ3n) is 8.95. The van der Waals surface area contributed by atoms with Crippen LogP contribution in [0.25, 0.3) is 17.0 Å². The van der Waals surface area contributed by atoms with Crippen molar-refractivity contribution in [2.45, 2.75) is 78.6 Å². The molecule has 47 heavy (non-hydrogen) atoms. The van der Waals surface area contributed by atoms with Gasteiger partial charge in [0.1, 0.15) is 24.2 Å². The first-order valence-corrected chi connectivity index (χ1v) is 16.4. The molecule has 0 saturated carbocycles. The highest BCUT2D eigenvalue weighted by atomic mass is 16.5. The molecule has 2 saturated heterocycles. The van der Waals surface area contributed by atoms with E-state index in [2.05, 4.69) is 16.1 Å². The van der Waals surface area contributed by atoms with Gasteiger partial charge >= 0.3 is 5.97 Å². The molecule has 5 bridgehead atoms. The smallest absolute Gasteiger partial charge is 0.325 e. The minimum atomic E-state index is -1.07. The van der Waals surface area contributed by atoms with Crippen molar-refractivity contribution in [1.82, 2.24) is 26.1 Å². The molecule has 4 atom stereocenters. The second-order valence-electron chi connectivity index (χ2n) is 14.2. The van der Waals surface area contributed by atoms with Crippen molar-refractivity contribution >= 4 is 40.7 Å². The number of hydrogen-bond acceptors (Lipinski definition) is 9. The summed E-state index contributed by atoms with van der Waals surface area (Å²) in [6.45, 7) is 12.7. The van der Waals surface area contributed by atoms with E-state index in [9.17, 15) is 19.2 Å². The number of rotatable bonds is 5. The number of nitrogens with one attached hydrogen (secondary N) is 3. The normalized spacial score (nSPS) is 27.5. The van der Waals surface area contributed by atoms with E-state index in [0.29, 0.717) is 44.9 Å². The lowest BCUT2D eigenvalue weighted by Gasteiger charge is -2.38. The molecular formula is C35H47N5O7. The third kappa shape index (κ3) is 8.17. The van der Waals surface area contributed by atoms with Crippen molar-refractivity contribution in [3.05, 3.63) is 47.7 Å². The Kier molecular flexibility index (Phi) is 10.3. The maximum absolute atomic E-state index is 13.9. The fraction of sp³-hybridized carbons (Fsp3) is 0.571. The van der Waals surface area contributed by atoms with Gasteiger partial charge in [-0.25, -0.2) is 10.4 Å². The zero-order valence-corrected chi connectivity index (χ0v) is 28.1. The standard InChI is InChI=1S/C35H47N5O7/c1-21(2)29-30(41)37-28(17-45-18-35(6)19-46-20-35)31(42)40-15-7-8-26(39-40)32(43)47-22(3)25-12-11-24-10-9-23(16-27(24)36-25)13-14-34(4,5)33(44)38-29/h9-14,16,21-22,26,28-29,39H,7-8,15,17-20H2,1-6H3,(H,37,41)(H,38,44)/b14-13+/t22?,26-,28-,29-/m0/s1. The molecule has 12 nitrogen and oxygen atoms in total. The Balaban J connectivity index is 1.46. The monoisotopic (exact) mass is 649 g/mol. The van der Waals surface area contributed by atoms with E-state index in [4.69, 9.17) is 19.2 Å². The molecule has 254 valence electrons. The van der Waals surface area contributed by atoms with Gasteiger partial charge in [0.15, 0.2) is 0 Å². The van der Waals surface area contributed by atoms with Crippen molar-refractivity contribution in [3.8, 4) is 0 Å². The van der Waals surface area contributed by atoms with Crippen LogP contribution in [0.3, 0.4) is 0 Å². The maximum Gasteiger partial charge on any atom is 0.325 e. The van der Waals surface area contributed by atoms with Gasteiger partial charge in [0.25, 0.3) is 5.91 Å². The minimum absolute atomic E-state index is 0.0931. The molecule has 2 aromatic rings. The topological polar surface area (TPSA) is 148 Å². The number of cyclic esters (lactones) is 1. The van der Waals surface area contributed by atoms with E-state index >= 15 is 0 Å². The van der Waals surface area contributed by atoms with Gasteiger partial charge in [-0.15, -0.1) is 0 Å². The zero-order valence-electron chi connectivity index (χ0n) is 28.1. The molecule has 3 N–H and O–H groups in total. The van der Waals surface area contributed by atoms with Crippen LogP contribution in [0.4, 0.5) is 0 Å². The highest BCUT2D eigenvalue weighted by Crippen LogP contribution is 2.27. The number of benzene rings is 1. The Labute approximate surface area is 275 Å². The molecule has 0 aliphatic carbocycles. The van der Waals surface area contributed by atoms with Crippen LogP contribution in [-0.2, 0) is 33.4 Å². The van der Waals surface area contributed by atoms with Crippen LogP contribution in [0.2, 0.25) is 0 Å². The molecule has 2 fully saturated rings. The first-order valence-electron chi connectivity index (χ1n) is 16.4. The Morgan fingerprint density at radius 2 is 1.81 bits per heavy atom. The van der Waals surface area contributed by atoms with Gasteiger partial charge in [-0.3, -0.25) is 24.2 Å². The van der Waals surface area contributed by atoms with Gasteiger partial charge in [0, 0.05) is 17.3 Å². The van der Waals surface area contributed by atoms with Gasteiger partial charge in [-0.1, -0.05) is 51.1 Å². The van der Waals surface area contributed by atoms with Crippen molar-refractivity contribution < 1.29 is 33.4 Å². The molecule has 3 aliphatic rings. The summed E-state index contributed by atoms with van der Waals surface area (Å²) < 4.78 is 17.1. The van der Waals surface area contributed by atoms with Crippen LogP contribution in [-0.4, -0.2) is 84.8 Å². The number of carbonyl (C=O) groups is 4. The Morgan fingerprint density at radius 1 is 1.06 bits per heavy atom. The fourth-order valence-electron chi connectivity index (χ4n) is 5.74. The van der Waals surface area contributed by atoms with Crippen LogP contribution in [0.15, 0.2) is 36.4 Å². The van der Waals surface area contributed by atoms with Crippen LogP contribution in [0.5, 0.6) is 0 Å². The number of amides is 3. The Bertz CT molecular complexity index is 1540. The van der Waals surface area contributed by atoms with Crippen molar-refractivity contribution in [3.63, 3.8) is 0 Å². The number of carbonyl (C=O) groups excluding carboxylic acids is 4. The summed E-state index contributed by atoms with van der Waals surface area (Å²) in [5.74, 6) is -2.07. The summed E-state index contributed by atoms with van der Waals surface area (Å²) in [6, 6.07) is 6.80. The van der Waals surface area contributed by atoms with Crippen LogP contribution in [0, 0.1) is 16.7 Å². The maximum atomic E-state index is 13.9. The molecule has 1 aromatic carbocycles. The van der Waals surface area contributed by atoms with E-state index in [1.54, 1.807) is 26.8 Å². The summed E-state index contributed by atoms with van der Waals surface area (Å²) in [6.07, 6.45) is 4.03. The first-order chi connectivity index (χ1) is 22.2. The summed E-state index contributed by atoms with van der Waals surface area (Å²) in [4.78, 5) is 59.3. The average molecular weight is 650 g/mol. The van der Waals surface area contributed by atoms with Crippen molar-refractivity contribution in [2.75, 3.05) is 33.0 Å². The van der Waals surface area contributed by atoms with Gasteiger partial charge in [-0.2, -0.15) is 0 Å². The number of aromatic nitrogens is 1. The van der Waals surface area contributed by atoms with Crippen LogP contribution >= 0.6 is 0 Å². The van der Waals surface area contributed by atoms with Crippen LogP contribution in [0.1, 0.15) is 71.7 Å². The average Bonchev–Trinajstić information content (AvgIpc) is 3.03. The predicted octanol–water partition coefficient (Wildman–Crippen LogP) is 3.07. The number of ether oxygens (including phenoxy) is 3. The predicted molar refractivity (Wildman–Crippen MR) is 175 cm³/mol. The number of hydrogen-bond donors (Lipinski definition) is 3. The van der Waals surface area contributed by atoms with Crippen molar-refractivity contribution in [2.24, 2.45) is 16.7 Å². The second-order valence-corrected chi connectivity index (χ2v) is 14.2. The van der Waals surface area contributed by atoms with E-state index in [0.717, 1.165) is 16.5 Å². The third-order valence-corrected chi connectivity index (χ3v) is 8.95. The minimum Gasteiger partial charge on any atom is -0.455 e. The molecule has 3 aliphatic heterocycles. The molecule has 4 heterocycles. The second kappa shape index (κ2) is 14.1. The quantitative estimate of drug-likeness (QED) is 0.416. The summed E-state index contributed by atoms with van der Waals surface area (Å²) in [7, 11) is 0. The molecule has 12 heteroatoms. The summed E-state index contributed by atoms with van der Waals surface area (Å²) in [5.41, 5.74) is 4.04. The number of nitrogens with zero attached hydrogens (tertiary/aromatic N) is 2. The van der Waals surface area contributed by atoms with Gasteiger partial charge in [0.05, 0.1) is 43.1 Å².